The number of carboxylic acids is 1. The molecule has 0 spiro atoms. The summed E-state index contributed by atoms with van der Waals surface area (Å²) >= 11 is 0. The van der Waals surface area contributed by atoms with Gasteiger partial charge in [-0.15, -0.1) is 0 Å². The van der Waals surface area contributed by atoms with Gasteiger partial charge in [0.1, 0.15) is 11.4 Å². The van der Waals surface area contributed by atoms with E-state index in [9.17, 15) is 9.59 Å². The van der Waals surface area contributed by atoms with Gasteiger partial charge in [-0.3, -0.25) is 0 Å². The zero-order chi connectivity index (χ0) is 17.7. The lowest BCUT2D eigenvalue weighted by molar-refractivity contribution is -0.139. The lowest BCUT2D eigenvalue weighted by Gasteiger charge is -2.19. The molecule has 0 fully saturated rings. The Balaban J connectivity index is 2.16. The Hall–Kier alpha value is -2.82. The maximum absolute atomic E-state index is 12.1. The zero-order valence-corrected chi connectivity index (χ0v) is 13.9. The van der Waals surface area contributed by atoms with Crippen molar-refractivity contribution in [3.05, 3.63) is 54.1 Å². The van der Waals surface area contributed by atoms with Crippen LogP contribution in [-0.2, 0) is 9.53 Å². The van der Waals surface area contributed by atoms with Gasteiger partial charge in [0, 0.05) is 0 Å². The van der Waals surface area contributed by atoms with Gasteiger partial charge in [-0.25, -0.2) is 9.59 Å². The number of carboxylic acid groups (broad SMARTS) is 1. The first-order chi connectivity index (χ1) is 11.2. The molecule has 2 aromatic carbocycles. The minimum absolute atomic E-state index is 0.370. The number of hydrogen-bond acceptors (Lipinski definition) is 4. The number of ether oxygens (including phenoxy) is 2. The summed E-state index contributed by atoms with van der Waals surface area (Å²) in [5.74, 6) is -0.917. The van der Waals surface area contributed by atoms with Crippen LogP contribution in [0.3, 0.4) is 0 Å². The van der Waals surface area contributed by atoms with Crippen LogP contribution >= 0.6 is 0 Å². The second-order valence-corrected chi connectivity index (χ2v) is 6.29. The number of rotatable bonds is 5. The molecule has 0 unspecified atom stereocenters. The molecule has 0 aliphatic rings. The number of carbonyl (C=O) groups is 2. The quantitative estimate of drug-likeness (QED) is 0.846. The third-order valence-corrected chi connectivity index (χ3v) is 3.05. The molecule has 1 N–H and O–H groups in total. The molecule has 0 bridgehead atoms. The average molecular weight is 328 g/mol. The van der Waals surface area contributed by atoms with Crippen molar-refractivity contribution in [1.82, 2.24) is 0 Å². The summed E-state index contributed by atoms with van der Waals surface area (Å²) in [4.78, 5) is 22.6. The van der Waals surface area contributed by atoms with E-state index in [1.54, 1.807) is 30.3 Å². The van der Waals surface area contributed by atoms with E-state index in [1.807, 2.05) is 39.0 Å². The Kier molecular flexibility index (Phi) is 5.24. The molecule has 0 aliphatic carbocycles. The Morgan fingerprint density at radius 1 is 1.00 bits per heavy atom. The maximum atomic E-state index is 12.1. The summed E-state index contributed by atoms with van der Waals surface area (Å²) in [5.41, 5.74) is 1.69. The SMILES string of the molecule is CC(C)(C)OC(=O)c1cccc(-c2ccc(OCC(=O)O)cc2)c1. The predicted molar refractivity (Wildman–Crippen MR) is 90.2 cm³/mol. The van der Waals surface area contributed by atoms with Crippen molar-refractivity contribution in [2.45, 2.75) is 26.4 Å². The Bertz CT molecular complexity index is 726. The number of carbonyl (C=O) groups excluding carboxylic acids is 1. The molecule has 126 valence electrons. The predicted octanol–water partition coefficient (Wildman–Crippen LogP) is 3.77. The van der Waals surface area contributed by atoms with Crippen molar-refractivity contribution in [1.29, 1.82) is 0 Å². The fourth-order valence-corrected chi connectivity index (χ4v) is 2.05. The highest BCUT2D eigenvalue weighted by Crippen LogP contribution is 2.24. The highest BCUT2D eigenvalue weighted by Gasteiger charge is 2.18. The van der Waals surface area contributed by atoms with E-state index in [-0.39, 0.29) is 12.6 Å². The van der Waals surface area contributed by atoms with E-state index in [0.717, 1.165) is 11.1 Å². The van der Waals surface area contributed by atoms with E-state index in [2.05, 4.69) is 0 Å². The van der Waals surface area contributed by atoms with Crippen LogP contribution in [0.2, 0.25) is 0 Å². The normalized spacial score (nSPS) is 11.0. The fraction of sp³-hybridized carbons (Fsp3) is 0.263. The maximum Gasteiger partial charge on any atom is 0.341 e. The van der Waals surface area contributed by atoms with Gasteiger partial charge in [0.25, 0.3) is 0 Å². The molecule has 0 amide bonds. The van der Waals surface area contributed by atoms with Crippen LogP contribution in [-0.4, -0.2) is 29.3 Å². The summed E-state index contributed by atoms with van der Waals surface area (Å²) in [6.45, 7) is 5.09. The van der Waals surface area contributed by atoms with E-state index >= 15 is 0 Å². The van der Waals surface area contributed by atoms with Crippen LogP contribution in [0, 0.1) is 0 Å². The lowest BCUT2D eigenvalue weighted by atomic mass is 10.0. The number of aliphatic carboxylic acids is 1. The Morgan fingerprint density at radius 2 is 1.67 bits per heavy atom. The highest BCUT2D eigenvalue weighted by atomic mass is 16.6. The molecule has 0 aliphatic heterocycles. The van der Waals surface area contributed by atoms with Crippen molar-refractivity contribution in [2.24, 2.45) is 0 Å². The van der Waals surface area contributed by atoms with Crippen LogP contribution in [0.1, 0.15) is 31.1 Å². The molecule has 2 aromatic rings. The molecule has 0 heterocycles. The van der Waals surface area contributed by atoms with Gasteiger partial charge in [0.2, 0.25) is 0 Å². The van der Waals surface area contributed by atoms with Crippen molar-refractivity contribution in [3.63, 3.8) is 0 Å². The molecule has 0 atom stereocenters. The molecular weight excluding hydrogens is 308 g/mol. The van der Waals surface area contributed by atoms with E-state index in [1.165, 1.54) is 0 Å². The van der Waals surface area contributed by atoms with E-state index < -0.39 is 11.6 Å². The minimum atomic E-state index is -1.02. The molecule has 2 rings (SSSR count). The number of hydrogen-bond donors (Lipinski definition) is 1. The highest BCUT2D eigenvalue weighted by molar-refractivity contribution is 5.91. The lowest BCUT2D eigenvalue weighted by Crippen LogP contribution is -2.23. The third-order valence-electron chi connectivity index (χ3n) is 3.05. The topological polar surface area (TPSA) is 72.8 Å². The molecule has 0 saturated carbocycles. The molecule has 0 aromatic heterocycles. The van der Waals surface area contributed by atoms with Gasteiger partial charge in [0.05, 0.1) is 5.56 Å². The van der Waals surface area contributed by atoms with Crippen LogP contribution in [0.5, 0.6) is 5.75 Å². The van der Waals surface area contributed by atoms with Gasteiger partial charge >= 0.3 is 11.9 Å². The second-order valence-electron chi connectivity index (χ2n) is 6.29. The molecule has 0 radical (unpaired) electrons. The summed E-state index contributed by atoms with van der Waals surface area (Å²) in [5, 5.41) is 8.60. The summed E-state index contributed by atoms with van der Waals surface area (Å²) in [6.07, 6.45) is 0. The van der Waals surface area contributed by atoms with E-state index in [0.29, 0.717) is 11.3 Å². The Morgan fingerprint density at radius 3 is 2.25 bits per heavy atom. The monoisotopic (exact) mass is 328 g/mol. The summed E-state index contributed by atoms with van der Waals surface area (Å²) in [6, 6.07) is 14.2. The molecule has 0 saturated heterocycles. The van der Waals surface area contributed by atoms with Gasteiger partial charge in [-0.05, 0) is 56.2 Å². The third kappa shape index (κ3) is 5.12. The first-order valence-corrected chi connectivity index (χ1v) is 7.53. The van der Waals surface area contributed by atoms with Crippen molar-refractivity contribution in [3.8, 4) is 16.9 Å². The number of benzene rings is 2. The number of esters is 1. The van der Waals surface area contributed by atoms with Crippen molar-refractivity contribution < 1.29 is 24.2 Å². The van der Waals surface area contributed by atoms with Crippen LogP contribution < -0.4 is 4.74 Å². The summed E-state index contributed by atoms with van der Waals surface area (Å²) < 4.78 is 10.5. The van der Waals surface area contributed by atoms with Crippen LogP contribution in [0.25, 0.3) is 11.1 Å². The first kappa shape index (κ1) is 17.5. The van der Waals surface area contributed by atoms with Gasteiger partial charge < -0.3 is 14.6 Å². The standard InChI is InChI=1S/C19H20O5/c1-19(2,3)24-18(22)15-6-4-5-14(11-15)13-7-9-16(10-8-13)23-12-17(20)21/h4-11H,12H2,1-3H3,(H,20,21). The van der Waals surface area contributed by atoms with E-state index in [4.69, 9.17) is 14.6 Å². The molecule has 5 heteroatoms. The van der Waals surface area contributed by atoms with Crippen molar-refractivity contribution in [2.75, 3.05) is 6.61 Å². The van der Waals surface area contributed by atoms with Crippen LogP contribution in [0.15, 0.2) is 48.5 Å². The Labute approximate surface area is 140 Å². The van der Waals surface area contributed by atoms with Crippen LogP contribution in [0.4, 0.5) is 0 Å². The molecule has 5 nitrogen and oxygen atoms in total. The van der Waals surface area contributed by atoms with Crippen molar-refractivity contribution >= 4 is 11.9 Å². The first-order valence-electron chi connectivity index (χ1n) is 7.53. The van der Waals surface area contributed by atoms with Gasteiger partial charge in [0.15, 0.2) is 6.61 Å². The van der Waals surface area contributed by atoms with Gasteiger partial charge in [-0.2, -0.15) is 0 Å². The fourth-order valence-electron chi connectivity index (χ4n) is 2.05. The largest absolute Gasteiger partial charge is 0.482 e. The zero-order valence-electron chi connectivity index (χ0n) is 13.9. The van der Waals surface area contributed by atoms with Gasteiger partial charge in [-0.1, -0.05) is 24.3 Å². The summed E-state index contributed by atoms with van der Waals surface area (Å²) in [7, 11) is 0. The minimum Gasteiger partial charge on any atom is -0.482 e. The average Bonchev–Trinajstić information content (AvgIpc) is 2.52. The smallest absolute Gasteiger partial charge is 0.341 e. The molecular formula is C19H20O5. The molecule has 24 heavy (non-hydrogen) atoms. The second kappa shape index (κ2) is 7.17.